The molecule has 0 saturated heterocycles. The quantitative estimate of drug-likeness (QED) is 0.332. The number of nitrogens with one attached hydrogen (secondary N) is 1. The molecule has 0 aromatic carbocycles. The van der Waals surface area contributed by atoms with E-state index in [1.54, 1.807) is 49.9 Å². The number of carbonyl (C=O) groups excluding carboxylic acids is 1. The van der Waals surface area contributed by atoms with Crippen LogP contribution in [0.2, 0.25) is 0 Å². The van der Waals surface area contributed by atoms with Gasteiger partial charge in [-0.25, -0.2) is 9.36 Å². The van der Waals surface area contributed by atoms with Crippen LogP contribution in [-0.2, 0) is 22.3 Å². The first-order chi connectivity index (χ1) is 11.7. The van der Waals surface area contributed by atoms with E-state index >= 15 is 0 Å². The number of ether oxygens (including phenoxy) is 1. The van der Waals surface area contributed by atoms with E-state index in [0.29, 0.717) is 5.56 Å². The molecule has 0 spiro atoms. The van der Waals surface area contributed by atoms with Crippen LogP contribution in [0.4, 0.5) is 4.79 Å². The Morgan fingerprint density at radius 1 is 1.35 bits per heavy atom. The van der Waals surface area contributed by atoms with E-state index in [1.165, 1.54) is 0 Å². The molecule has 1 aromatic rings. The lowest BCUT2D eigenvalue weighted by molar-refractivity contribution is -0.703. The Labute approximate surface area is 152 Å². The number of hydrogen-bond acceptors (Lipinski definition) is 5. The van der Waals surface area contributed by atoms with Gasteiger partial charge in [0.15, 0.2) is 24.3 Å². The Bertz CT molecular complexity index is 667. The molecule has 0 aliphatic heterocycles. The molecule has 0 saturated carbocycles. The minimum atomic E-state index is -4.68. The molecule has 2 unspecified atom stereocenters. The molecule has 148 valence electrons. The molecule has 1 rings (SSSR count). The van der Waals surface area contributed by atoms with Crippen molar-refractivity contribution < 1.29 is 38.7 Å². The van der Waals surface area contributed by atoms with Crippen molar-refractivity contribution >= 4 is 13.7 Å². The second kappa shape index (κ2) is 8.45. The molecule has 0 aliphatic rings. The maximum atomic E-state index is 11.6. The average molecular weight is 391 g/mol. The summed E-state index contributed by atoms with van der Waals surface area (Å²) in [4.78, 5) is 29.9. The van der Waals surface area contributed by atoms with Crippen LogP contribution in [0.25, 0.3) is 0 Å². The van der Waals surface area contributed by atoms with E-state index in [9.17, 15) is 29.4 Å². The molecule has 26 heavy (non-hydrogen) atoms. The summed E-state index contributed by atoms with van der Waals surface area (Å²) in [7, 11) is -4.68. The SMILES string of the molecule is CC(C)(C)OC(=O)NCC(O)C[n+]1cccc(CC(C)(O)P(=O)(O)O)c1. The van der Waals surface area contributed by atoms with Crippen molar-refractivity contribution in [2.45, 2.75) is 57.7 Å². The molecule has 1 amide bonds. The zero-order valence-corrected chi connectivity index (χ0v) is 16.3. The highest BCUT2D eigenvalue weighted by Gasteiger charge is 2.40. The van der Waals surface area contributed by atoms with Crippen molar-refractivity contribution in [3.05, 3.63) is 30.1 Å². The largest absolute Gasteiger partial charge is 0.444 e. The van der Waals surface area contributed by atoms with Crippen LogP contribution in [-0.4, -0.2) is 49.7 Å². The number of nitrogens with zero attached hydrogens (tertiary/aromatic N) is 1. The Morgan fingerprint density at radius 2 is 1.96 bits per heavy atom. The fourth-order valence-corrected chi connectivity index (χ4v) is 2.50. The van der Waals surface area contributed by atoms with E-state index in [1.807, 2.05) is 0 Å². The van der Waals surface area contributed by atoms with Crippen LogP contribution in [0.3, 0.4) is 0 Å². The first kappa shape index (κ1) is 22.5. The monoisotopic (exact) mass is 391 g/mol. The van der Waals surface area contributed by atoms with Crippen molar-refractivity contribution in [3.8, 4) is 0 Å². The third kappa shape index (κ3) is 7.80. The van der Waals surface area contributed by atoms with E-state index in [-0.39, 0.29) is 19.5 Å². The first-order valence-corrected chi connectivity index (χ1v) is 9.72. The maximum Gasteiger partial charge on any atom is 0.407 e. The summed E-state index contributed by atoms with van der Waals surface area (Å²) in [5.74, 6) is 0. The van der Waals surface area contributed by atoms with Gasteiger partial charge in [-0.15, -0.1) is 0 Å². The Balaban J connectivity index is 2.63. The molecule has 1 aromatic heterocycles. The van der Waals surface area contributed by atoms with E-state index < -0.39 is 30.7 Å². The number of rotatable bonds is 7. The number of aliphatic hydroxyl groups is 2. The zero-order chi connectivity index (χ0) is 20.2. The fraction of sp³-hybridized carbons (Fsp3) is 0.625. The van der Waals surface area contributed by atoms with E-state index in [2.05, 4.69) is 5.32 Å². The van der Waals surface area contributed by atoms with Gasteiger partial charge in [0.25, 0.3) is 0 Å². The average Bonchev–Trinajstić information content (AvgIpc) is 2.42. The van der Waals surface area contributed by atoms with Gasteiger partial charge in [0.05, 0.1) is 6.54 Å². The molecule has 9 nitrogen and oxygen atoms in total. The lowest BCUT2D eigenvalue weighted by Gasteiger charge is -2.23. The summed E-state index contributed by atoms with van der Waals surface area (Å²) >= 11 is 0. The van der Waals surface area contributed by atoms with Gasteiger partial charge in [0.1, 0.15) is 11.7 Å². The number of aliphatic hydroxyl groups excluding tert-OH is 1. The van der Waals surface area contributed by atoms with Gasteiger partial charge in [-0.1, -0.05) is 0 Å². The molecule has 0 radical (unpaired) electrons. The van der Waals surface area contributed by atoms with Gasteiger partial charge >= 0.3 is 13.7 Å². The van der Waals surface area contributed by atoms with E-state index in [4.69, 9.17) is 4.74 Å². The summed E-state index contributed by atoms with van der Waals surface area (Å²) in [5, 5.41) is 20.3. The standard InChI is InChI=1S/C16H27N2O7P/c1-15(2,3)25-14(20)17-9-13(19)11-18-7-5-6-12(10-18)8-16(4,21)26(22,23)24/h5-7,10,13,19,21H,8-9,11H2,1-4H3,(H2-,17,20,22,23,24)/p+1. The number of aromatic nitrogens is 1. The van der Waals surface area contributed by atoms with Crippen LogP contribution in [0.1, 0.15) is 33.3 Å². The molecule has 0 fully saturated rings. The van der Waals surface area contributed by atoms with Crippen molar-refractivity contribution in [3.63, 3.8) is 0 Å². The van der Waals surface area contributed by atoms with Crippen LogP contribution in [0.15, 0.2) is 24.5 Å². The highest BCUT2D eigenvalue weighted by atomic mass is 31.2. The Hall–Kier alpha value is -1.51. The highest BCUT2D eigenvalue weighted by Crippen LogP contribution is 2.49. The lowest BCUT2D eigenvalue weighted by atomic mass is 10.1. The van der Waals surface area contributed by atoms with E-state index in [0.717, 1.165) is 6.92 Å². The Morgan fingerprint density at radius 3 is 2.50 bits per heavy atom. The molecule has 1 heterocycles. The Kier molecular flexibility index (Phi) is 7.33. The predicted molar refractivity (Wildman–Crippen MR) is 93.3 cm³/mol. The van der Waals surface area contributed by atoms with Gasteiger partial charge in [-0.05, 0) is 33.8 Å². The molecule has 0 bridgehead atoms. The number of pyridine rings is 1. The lowest BCUT2D eigenvalue weighted by Crippen LogP contribution is -2.45. The summed E-state index contributed by atoms with van der Waals surface area (Å²) in [6.07, 6.45) is 1.45. The fourth-order valence-electron chi connectivity index (χ4n) is 2.11. The smallest absolute Gasteiger partial charge is 0.407 e. The normalized spacial score (nSPS) is 15.8. The molecular weight excluding hydrogens is 363 g/mol. The van der Waals surface area contributed by atoms with Gasteiger partial charge in [-0.3, -0.25) is 4.57 Å². The minimum absolute atomic E-state index is 0.0215. The zero-order valence-electron chi connectivity index (χ0n) is 15.4. The summed E-state index contributed by atoms with van der Waals surface area (Å²) in [5.41, 5.74) is -0.137. The minimum Gasteiger partial charge on any atom is -0.444 e. The predicted octanol–water partition coefficient (Wildman–Crippen LogP) is 0.288. The molecule has 5 N–H and O–H groups in total. The maximum absolute atomic E-state index is 11.6. The van der Waals surface area contributed by atoms with Crippen LogP contribution in [0.5, 0.6) is 0 Å². The van der Waals surface area contributed by atoms with Gasteiger partial charge < -0.3 is 30.1 Å². The summed E-state index contributed by atoms with van der Waals surface area (Å²) in [6, 6.07) is 3.26. The summed E-state index contributed by atoms with van der Waals surface area (Å²) in [6.45, 7) is 6.39. The summed E-state index contributed by atoms with van der Waals surface area (Å²) < 4.78 is 18.0. The van der Waals surface area contributed by atoms with Crippen molar-refractivity contribution in [1.29, 1.82) is 0 Å². The van der Waals surface area contributed by atoms with Gasteiger partial charge in [-0.2, -0.15) is 0 Å². The number of amides is 1. The topological polar surface area (TPSA) is 140 Å². The second-order valence-electron chi connectivity index (χ2n) is 7.38. The molecule has 10 heteroatoms. The molecule has 0 aliphatic carbocycles. The third-order valence-electron chi connectivity index (χ3n) is 3.39. The molecule has 2 atom stereocenters. The third-order valence-corrected chi connectivity index (χ3v) is 4.80. The van der Waals surface area contributed by atoms with Gasteiger partial charge in [0.2, 0.25) is 0 Å². The van der Waals surface area contributed by atoms with Gasteiger partial charge in [0, 0.05) is 18.1 Å². The van der Waals surface area contributed by atoms with Crippen molar-refractivity contribution in [1.82, 2.24) is 5.32 Å². The second-order valence-corrected chi connectivity index (χ2v) is 9.43. The van der Waals surface area contributed by atoms with Crippen LogP contribution >= 0.6 is 7.60 Å². The number of alkyl carbamates (subject to hydrolysis) is 1. The first-order valence-electron chi connectivity index (χ1n) is 8.10. The van der Waals surface area contributed by atoms with Crippen LogP contribution < -0.4 is 9.88 Å². The van der Waals surface area contributed by atoms with Crippen molar-refractivity contribution in [2.24, 2.45) is 0 Å². The van der Waals surface area contributed by atoms with Crippen LogP contribution in [0, 0.1) is 0 Å². The molecular formula is C16H28N2O7P+. The van der Waals surface area contributed by atoms with Crippen molar-refractivity contribution in [2.75, 3.05) is 6.54 Å². The highest BCUT2D eigenvalue weighted by molar-refractivity contribution is 7.53. The number of carbonyl (C=O) groups is 1. The number of hydrogen-bond donors (Lipinski definition) is 5.